The molecule has 4 nitrogen and oxygen atoms in total. The van der Waals surface area contributed by atoms with E-state index in [0.717, 1.165) is 32.9 Å². The number of benzene rings is 1. The molecule has 0 fully saturated rings. The van der Waals surface area contributed by atoms with E-state index < -0.39 is 0 Å². The van der Waals surface area contributed by atoms with E-state index in [0.29, 0.717) is 12.8 Å². The number of pyridine rings is 1. The van der Waals surface area contributed by atoms with Crippen molar-refractivity contribution in [1.82, 2.24) is 4.98 Å². The highest BCUT2D eigenvalue weighted by Gasteiger charge is 2.14. The van der Waals surface area contributed by atoms with Gasteiger partial charge in [-0.15, -0.1) is 0 Å². The lowest BCUT2D eigenvalue weighted by Gasteiger charge is -2.09. The summed E-state index contributed by atoms with van der Waals surface area (Å²) in [5.41, 5.74) is 2.77. The fourth-order valence-electron chi connectivity index (χ4n) is 2.48. The molecule has 0 unspecified atom stereocenters. The Morgan fingerprint density at radius 3 is 3.11 bits per heavy atom. The minimum absolute atomic E-state index is 0.240. The number of fused-ring (bicyclic) bond motifs is 4. The monoisotopic (exact) mass is 235 g/mol. The van der Waals surface area contributed by atoms with E-state index in [1.807, 2.05) is 24.3 Å². The molecule has 0 N–H and O–H groups in total. The third-order valence-corrected chi connectivity index (χ3v) is 3.36. The molecule has 86 valence electrons. The molecular formula is C14H9N3O. The van der Waals surface area contributed by atoms with Crippen LogP contribution in [0.5, 0.6) is 0 Å². The zero-order valence-corrected chi connectivity index (χ0v) is 9.55. The summed E-state index contributed by atoms with van der Waals surface area (Å²) in [5, 5.41) is 2.78. The molecule has 0 spiro atoms. The van der Waals surface area contributed by atoms with Gasteiger partial charge in [-0.25, -0.2) is 15.0 Å². The molecule has 1 aromatic heterocycles. The zero-order chi connectivity index (χ0) is 12.1. The number of aliphatic imine (C=N–C) groups is 1. The first kappa shape index (κ1) is 9.65. The first-order valence-corrected chi connectivity index (χ1v) is 5.86. The highest BCUT2D eigenvalue weighted by molar-refractivity contribution is 5.95. The summed E-state index contributed by atoms with van der Waals surface area (Å²) in [6.45, 7) is 0. The van der Waals surface area contributed by atoms with Crippen molar-refractivity contribution in [3.8, 4) is 0 Å². The van der Waals surface area contributed by atoms with Crippen LogP contribution in [0.3, 0.4) is 0 Å². The smallest absolute Gasteiger partial charge is 0.141 e. The number of hydrogen-bond acceptors (Lipinski definition) is 4. The Morgan fingerprint density at radius 2 is 2.17 bits per heavy atom. The SMILES string of the molecule is O=C1CC=c2nc3ccc4c(c3cc2C1)N=CN=4. The summed E-state index contributed by atoms with van der Waals surface area (Å²) < 4.78 is 0. The maximum absolute atomic E-state index is 11.5. The summed E-state index contributed by atoms with van der Waals surface area (Å²) in [4.78, 5) is 24.5. The second-order valence-corrected chi connectivity index (χ2v) is 4.53. The summed E-state index contributed by atoms with van der Waals surface area (Å²) in [6, 6.07) is 5.91. The van der Waals surface area contributed by atoms with Crippen molar-refractivity contribution in [3.63, 3.8) is 0 Å². The summed E-state index contributed by atoms with van der Waals surface area (Å²) >= 11 is 0. The van der Waals surface area contributed by atoms with Crippen molar-refractivity contribution >= 4 is 34.8 Å². The Balaban J connectivity index is 2.14. The van der Waals surface area contributed by atoms with E-state index in [1.54, 1.807) is 6.34 Å². The van der Waals surface area contributed by atoms with E-state index in [9.17, 15) is 4.79 Å². The van der Waals surface area contributed by atoms with Crippen molar-refractivity contribution in [3.05, 3.63) is 34.5 Å². The normalized spacial score (nSPS) is 16.1. The van der Waals surface area contributed by atoms with Crippen molar-refractivity contribution in [1.29, 1.82) is 0 Å². The van der Waals surface area contributed by atoms with Gasteiger partial charge < -0.3 is 0 Å². The van der Waals surface area contributed by atoms with E-state index in [1.165, 1.54) is 0 Å². The highest BCUT2D eigenvalue weighted by atomic mass is 16.1. The molecule has 1 aliphatic heterocycles. The average Bonchev–Trinajstić information content (AvgIpc) is 2.85. The first-order chi connectivity index (χ1) is 8.81. The third kappa shape index (κ3) is 1.26. The van der Waals surface area contributed by atoms with Gasteiger partial charge >= 0.3 is 0 Å². The van der Waals surface area contributed by atoms with E-state index in [-0.39, 0.29) is 5.78 Å². The molecule has 0 amide bonds. The maximum atomic E-state index is 11.5. The predicted octanol–water partition coefficient (Wildman–Crippen LogP) is 0.824. The molecule has 2 aromatic rings. The Kier molecular flexibility index (Phi) is 1.78. The second kappa shape index (κ2) is 3.32. The number of carbonyl (C=O) groups is 1. The molecule has 0 atom stereocenters. The van der Waals surface area contributed by atoms with Crippen LogP contribution in [0.15, 0.2) is 28.2 Å². The molecule has 1 aromatic carbocycles. The zero-order valence-electron chi connectivity index (χ0n) is 9.55. The lowest BCUT2D eigenvalue weighted by atomic mass is 9.99. The fourth-order valence-corrected chi connectivity index (χ4v) is 2.48. The number of carbonyl (C=O) groups excluding carboxylic acids is 1. The summed E-state index contributed by atoms with van der Waals surface area (Å²) in [6.07, 6.45) is 4.42. The standard InChI is InChI=1S/C14H9N3O/c18-9-1-2-11-8(5-9)6-10-12(17-11)3-4-13-14(10)16-7-15-13/h2-4,6-7H,1,5H2. The lowest BCUT2D eigenvalue weighted by Crippen LogP contribution is -2.22. The minimum atomic E-state index is 0.240. The predicted molar refractivity (Wildman–Crippen MR) is 68.5 cm³/mol. The number of nitrogens with zero attached hydrogens (tertiary/aromatic N) is 3. The van der Waals surface area contributed by atoms with Crippen LogP contribution in [0.1, 0.15) is 12.0 Å². The number of aromatic nitrogens is 1. The van der Waals surface area contributed by atoms with Crippen molar-refractivity contribution in [2.24, 2.45) is 9.98 Å². The molecule has 1 aliphatic carbocycles. The summed E-state index contributed by atoms with van der Waals surface area (Å²) in [7, 11) is 0. The molecular weight excluding hydrogens is 226 g/mol. The fraction of sp³-hybridized carbons (Fsp3) is 0.143. The summed E-state index contributed by atoms with van der Waals surface area (Å²) in [5.74, 6) is 0.240. The van der Waals surface area contributed by atoms with Gasteiger partial charge in [-0.3, -0.25) is 4.79 Å². The van der Waals surface area contributed by atoms with Gasteiger partial charge in [-0.2, -0.15) is 0 Å². The Bertz CT molecular complexity index is 849. The Hall–Kier alpha value is -2.36. The maximum Gasteiger partial charge on any atom is 0.141 e. The van der Waals surface area contributed by atoms with Crippen LogP contribution < -0.4 is 10.7 Å². The lowest BCUT2D eigenvalue weighted by molar-refractivity contribution is -0.117. The van der Waals surface area contributed by atoms with Crippen LogP contribution in [0.2, 0.25) is 0 Å². The van der Waals surface area contributed by atoms with Crippen LogP contribution in [-0.2, 0) is 11.2 Å². The molecule has 4 rings (SSSR count). The van der Waals surface area contributed by atoms with Gasteiger partial charge in [-0.05, 0) is 23.8 Å². The largest absolute Gasteiger partial charge is 0.299 e. The third-order valence-electron chi connectivity index (χ3n) is 3.36. The van der Waals surface area contributed by atoms with E-state index in [4.69, 9.17) is 0 Å². The molecule has 4 heteroatoms. The quantitative estimate of drug-likeness (QED) is 0.679. The molecule has 0 radical (unpaired) electrons. The molecule has 0 saturated heterocycles. The Labute approximate surface area is 102 Å². The van der Waals surface area contributed by atoms with Gasteiger partial charge in [-0.1, -0.05) is 6.08 Å². The van der Waals surface area contributed by atoms with Crippen LogP contribution in [-0.4, -0.2) is 17.1 Å². The Morgan fingerprint density at radius 1 is 1.22 bits per heavy atom. The topological polar surface area (TPSA) is 54.7 Å². The van der Waals surface area contributed by atoms with Gasteiger partial charge in [0.15, 0.2) is 0 Å². The number of rotatable bonds is 0. The van der Waals surface area contributed by atoms with Crippen LogP contribution in [0, 0.1) is 0 Å². The van der Waals surface area contributed by atoms with Gasteiger partial charge in [0.1, 0.15) is 12.1 Å². The van der Waals surface area contributed by atoms with Crippen LogP contribution >= 0.6 is 0 Å². The number of ketones is 1. The average molecular weight is 235 g/mol. The molecule has 18 heavy (non-hydrogen) atoms. The van der Waals surface area contributed by atoms with Gasteiger partial charge in [0.05, 0.1) is 21.9 Å². The minimum Gasteiger partial charge on any atom is -0.299 e. The van der Waals surface area contributed by atoms with E-state index >= 15 is 0 Å². The highest BCUT2D eigenvalue weighted by Crippen LogP contribution is 2.22. The van der Waals surface area contributed by atoms with Gasteiger partial charge in [0, 0.05) is 18.2 Å². The van der Waals surface area contributed by atoms with Crippen molar-refractivity contribution < 1.29 is 4.79 Å². The van der Waals surface area contributed by atoms with Crippen molar-refractivity contribution in [2.75, 3.05) is 0 Å². The molecule has 2 heterocycles. The van der Waals surface area contributed by atoms with Gasteiger partial charge in [0.2, 0.25) is 0 Å². The molecule has 0 bridgehead atoms. The number of Topliss-reactive ketones (excluding diaryl/α,β-unsaturated/α-hetero) is 1. The van der Waals surface area contributed by atoms with Gasteiger partial charge in [0.25, 0.3) is 0 Å². The van der Waals surface area contributed by atoms with Crippen molar-refractivity contribution in [2.45, 2.75) is 12.8 Å². The molecule has 2 aliphatic rings. The van der Waals surface area contributed by atoms with Crippen LogP contribution in [0.4, 0.5) is 5.69 Å². The van der Waals surface area contributed by atoms with E-state index in [2.05, 4.69) is 15.0 Å². The molecule has 0 saturated carbocycles. The second-order valence-electron chi connectivity index (χ2n) is 4.53. The van der Waals surface area contributed by atoms with Crippen LogP contribution in [0.25, 0.3) is 17.0 Å². The first-order valence-electron chi connectivity index (χ1n) is 5.86. The number of hydrogen-bond donors (Lipinski definition) is 0.